The highest BCUT2D eigenvalue weighted by Crippen LogP contribution is 2.45. The highest BCUT2D eigenvalue weighted by atomic mass is 79.9. The summed E-state index contributed by atoms with van der Waals surface area (Å²) in [7, 11) is 3.50. The fraction of sp³-hybridized carbons (Fsp3) is 0.422. The van der Waals surface area contributed by atoms with E-state index >= 15 is 0 Å². The zero-order valence-electron chi connectivity index (χ0n) is 35.5. The van der Waals surface area contributed by atoms with Gasteiger partial charge in [-0.05, 0) is 145 Å². The van der Waals surface area contributed by atoms with Crippen molar-refractivity contribution in [3.05, 3.63) is 117 Å². The van der Waals surface area contributed by atoms with Gasteiger partial charge in [0.05, 0.1) is 0 Å². The minimum Gasteiger partial charge on any atom is -0.424 e. The van der Waals surface area contributed by atoms with Crippen LogP contribution < -0.4 is 25.0 Å². The van der Waals surface area contributed by atoms with Gasteiger partial charge in [0.15, 0.2) is 5.82 Å². The van der Waals surface area contributed by atoms with E-state index in [1.54, 1.807) is 43.2 Å². The van der Waals surface area contributed by atoms with Crippen LogP contribution in [-0.2, 0) is 20.5 Å². The topological polar surface area (TPSA) is 138 Å². The molecule has 4 aromatic heterocycles. The van der Waals surface area contributed by atoms with Gasteiger partial charge >= 0.3 is 12.0 Å². The van der Waals surface area contributed by atoms with Crippen molar-refractivity contribution < 1.29 is 18.3 Å². The third-order valence-electron chi connectivity index (χ3n) is 12.4. The molecule has 0 spiro atoms. The van der Waals surface area contributed by atoms with E-state index in [-0.39, 0.29) is 11.6 Å². The summed E-state index contributed by atoms with van der Waals surface area (Å²) in [5, 5.41) is 9.64. The predicted molar refractivity (Wildman–Crippen MR) is 243 cm³/mol. The molecule has 4 aliphatic rings. The van der Waals surface area contributed by atoms with Gasteiger partial charge in [0.25, 0.3) is 0 Å². The Balaban J connectivity index is 0.000000143. The number of benzene rings is 2. The Morgan fingerprint density at radius 2 is 1.13 bits per heavy atom. The van der Waals surface area contributed by atoms with Gasteiger partial charge in [0.2, 0.25) is 4.73 Å². The van der Waals surface area contributed by atoms with E-state index in [0.29, 0.717) is 74.2 Å². The fourth-order valence-corrected chi connectivity index (χ4v) is 10.2. The number of halogens is 5. The lowest BCUT2D eigenvalue weighted by atomic mass is 9.82. The molecule has 4 bridgehead atoms. The van der Waals surface area contributed by atoms with Crippen molar-refractivity contribution in [1.82, 2.24) is 39.5 Å². The molecule has 2 saturated heterocycles. The van der Waals surface area contributed by atoms with Gasteiger partial charge in [0.1, 0.15) is 33.4 Å². The van der Waals surface area contributed by atoms with E-state index in [2.05, 4.69) is 55.9 Å². The van der Waals surface area contributed by atoms with Crippen LogP contribution in [0.2, 0.25) is 10.3 Å². The van der Waals surface area contributed by atoms with E-state index in [1.807, 2.05) is 38.2 Å². The third kappa shape index (κ3) is 11.1. The van der Waals surface area contributed by atoms with Crippen LogP contribution in [0.3, 0.4) is 0 Å². The molecule has 4 fully saturated rings. The zero-order valence-corrected chi connectivity index (χ0v) is 38.6. The van der Waals surface area contributed by atoms with Gasteiger partial charge in [-0.15, -0.1) is 5.10 Å². The van der Waals surface area contributed by atoms with Crippen LogP contribution in [0.5, 0.6) is 23.5 Å². The molecule has 2 aromatic carbocycles. The van der Waals surface area contributed by atoms with Gasteiger partial charge in [0, 0.05) is 88.6 Å². The first kappa shape index (κ1) is 44.7. The van der Waals surface area contributed by atoms with Crippen molar-refractivity contribution >= 4 is 50.5 Å². The van der Waals surface area contributed by atoms with E-state index in [4.69, 9.17) is 38.4 Å². The molecular weight excluding hydrogens is 915 g/mol. The van der Waals surface area contributed by atoms with Crippen LogP contribution >= 0.6 is 39.1 Å². The summed E-state index contributed by atoms with van der Waals surface area (Å²) in [5.74, 6) is 4.04. The average molecular weight is 966 g/mol. The second kappa shape index (κ2) is 19.5. The van der Waals surface area contributed by atoms with E-state index in [0.717, 1.165) is 55.2 Å². The third-order valence-corrected chi connectivity index (χ3v) is 13.2. The number of nitrogens with zero attached hydrogens (tertiary/aromatic N) is 10. The number of piperidine rings is 2. The number of aromatic nitrogens is 8. The van der Waals surface area contributed by atoms with Crippen molar-refractivity contribution in [2.45, 2.75) is 52.0 Å². The van der Waals surface area contributed by atoms with Crippen LogP contribution in [0.15, 0.2) is 77.8 Å². The van der Waals surface area contributed by atoms with Crippen molar-refractivity contribution in [2.24, 2.45) is 49.4 Å². The molecule has 0 amide bonds. The SMILES string of the molecule is Cc1cc(F)cc(Oc2nc(Br)nn2C)c1.Cc1cc(F)cc(Oc2nc(CC3C4CCC3CN(c3ccnc(Cl)c3)C4)nn2C)c1.NC1C2CCC1CN(c1ccnc(Cl)c1)C2. The minimum absolute atomic E-state index is 0.303. The number of anilines is 2. The molecule has 4 atom stereocenters. The summed E-state index contributed by atoms with van der Waals surface area (Å²) >= 11 is 15.1. The summed E-state index contributed by atoms with van der Waals surface area (Å²) in [6, 6.07) is 18.1. The number of hydrogen-bond donors (Lipinski definition) is 1. The summed E-state index contributed by atoms with van der Waals surface area (Å²) < 4.78 is 41.5. The summed E-state index contributed by atoms with van der Waals surface area (Å²) in [6.07, 6.45) is 9.38. The largest absolute Gasteiger partial charge is 0.424 e. The summed E-state index contributed by atoms with van der Waals surface area (Å²) in [6.45, 7) is 7.79. The molecule has 10 rings (SSSR count). The van der Waals surface area contributed by atoms with E-state index < -0.39 is 0 Å². The maximum atomic E-state index is 13.7. The Morgan fingerprint density at radius 3 is 1.59 bits per heavy atom. The molecule has 13 nitrogen and oxygen atoms in total. The fourth-order valence-electron chi connectivity index (χ4n) is 9.50. The highest BCUT2D eigenvalue weighted by Gasteiger charge is 2.43. The maximum absolute atomic E-state index is 13.7. The quantitative estimate of drug-likeness (QED) is 0.146. The van der Waals surface area contributed by atoms with E-state index in [9.17, 15) is 8.78 Å². The Labute approximate surface area is 384 Å². The first-order valence-electron chi connectivity index (χ1n) is 21.1. The Hall–Kier alpha value is -4.90. The first-order valence-corrected chi connectivity index (χ1v) is 22.6. The molecule has 4 unspecified atom stereocenters. The zero-order chi connectivity index (χ0) is 44.4. The maximum Gasteiger partial charge on any atom is 0.321 e. The van der Waals surface area contributed by atoms with Crippen LogP contribution in [0, 0.1) is 55.1 Å². The number of fused-ring (bicyclic) bond motifs is 4. The van der Waals surface area contributed by atoms with Crippen LogP contribution in [0.4, 0.5) is 20.2 Å². The van der Waals surface area contributed by atoms with Gasteiger partial charge in [-0.2, -0.15) is 15.1 Å². The molecule has 0 radical (unpaired) electrons. The average Bonchev–Trinajstić information content (AvgIpc) is 3.85. The summed E-state index contributed by atoms with van der Waals surface area (Å²) in [4.78, 5) is 21.5. The lowest BCUT2D eigenvalue weighted by Crippen LogP contribution is -2.48. The molecule has 63 heavy (non-hydrogen) atoms. The number of pyridine rings is 2. The monoisotopic (exact) mass is 963 g/mol. The minimum atomic E-state index is -0.337. The molecule has 332 valence electrons. The highest BCUT2D eigenvalue weighted by molar-refractivity contribution is 9.10. The van der Waals surface area contributed by atoms with Gasteiger partial charge in [-0.25, -0.2) is 28.1 Å². The van der Waals surface area contributed by atoms with Crippen LogP contribution in [0.25, 0.3) is 0 Å². The van der Waals surface area contributed by atoms with Gasteiger partial charge in [-0.3, -0.25) is 0 Å². The Morgan fingerprint density at radius 1 is 0.667 bits per heavy atom. The van der Waals surface area contributed by atoms with Crippen molar-refractivity contribution in [1.29, 1.82) is 0 Å². The normalized spacial score (nSPS) is 22.3. The predicted octanol–water partition coefficient (Wildman–Crippen LogP) is 9.53. The Bertz CT molecular complexity index is 2480. The second-order valence-corrected chi connectivity index (χ2v) is 18.5. The van der Waals surface area contributed by atoms with Crippen molar-refractivity contribution in [3.8, 4) is 23.5 Å². The lowest BCUT2D eigenvalue weighted by molar-refractivity contribution is 0.265. The number of nitrogens with two attached hydrogens (primary N) is 1. The second-order valence-electron chi connectivity index (χ2n) is 17.0. The molecule has 6 aromatic rings. The first-order chi connectivity index (χ1) is 30.2. The standard InChI is InChI=1S/C23H25ClFN5O.C12H16ClN3.C10H9BrFN3O/c1-14-7-17(25)9-19(8-14)31-23-27-22(28-29(23)2)11-20-15-3-4-16(20)13-30(12-15)18-5-6-26-21(24)10-18;13-11-5-10(3-4-15-11)16-6-8-1-2-9(7-16)12(8)14;1-6-3-7(12)5-8(4-6)16-10-13-9(11)14-15(10)2/h5-10,15-16,20H,3-4,11-13H2,1-2H3;3-5,8-9,12H,1-2,6-7,14H2;3-5H,1-2H3. The molecular formula is C45H50BrCl2F2N11O2. The molecule has 2 aliphatic heterocycles. The smallest absolute Gasteiger partial charge is 0.321 e. The van der Waals surface area contributed by atoms with Gasteiger partial charge in [-0.1, -0.05) is 23.2 Å². The van der Waals surface area contributed by atoms with Crippen molar-refractivity contribution in [2.75, 3.05) is 36.0 Å². The Kier molecular flexibility index (Phi) is 13.8. The number of hydrogen-bond acceptors (Lipinski definition) is 11. The summed E-state index contributed by atoms with van der Waals surface area (Å²) in [5.41, 5.74) is 10.1. The number of ether oxygens (including phenoxy) is 2. The molecule has 18 heteroatoms. The molecule has 6 heterocycles. The number of aryl methyl sites for hydroxylation is 4. The van der Waals surface area contributed by atoms with Crippen molar-refractivity contribution in [3.63, 3.8) is 0 Å². The lowest BCUT2D eigenvalue weighted by Gasteiger charge is -2.39. The molecule has 2 aliphatic carbocycles. The molecule has 2 saturated carbocycles. The van der Waals surface area contributed by atoms with E-state index in [1.165, 1.54) is 60.3 Å². The van der Waals surface area contributed by atoms with Crippen LogP contribution in [0.1, 0.15) is 42.6 Å². The number of rotatable bonds is 8. The van der Waals surface area contributed by atoms with Crippen LogP contribution in [-0.4, -0.2) is 71.7 Å². The van der Waals surface area contributed by atoms with Gasteiger partial charge < -0.3 is 25.0 Å². The molecule has 2 N–H and O–H groups in total.